The highest BCUT2D eigenvalue weighted by Crippen LogP contribution is 2.27. The Balaban J connectivity index is 2.03. The molecule has 1 aliphatic heterocycles. The van der Waals surface area contributed by atoms with E-state index >= 15 is 0 Å². The van der Waals surface area contributed by atoms with E-state index in [9.17, 15) is 4.79 Å². The van der Waals surface area contributed by atoms with Crippen LogP contribution in [0.25, 0.3) is 6.08 Å². The molecule has 0 aromatic carbocycles. The fourth-order valence-corrected chi connectivity index (χ4v) is 3.37. The molecule has 0 saturated carbocycles. The number of rotatable bonds is 8. The predicted octanol–water partition coefficient (Wildman–Crippen LogP) is 2.15. The van der Waals surface area contributed by atoms with Gasteiger partial charge >= 0.3 is 0 Å². The van der Waals surface area contributed by atoms with Crippen LogP contribution in [-0.4, -0.2) is 40.8 Å². The summed E-state index contributed by atoms with van der Waals surface area (Å²) in [6, 6.07) is 0.142. The molecule has 1 aromatic rings. The van der Waals surface area contributed by atoms with Crippen molar-refractivity contribution >= 4 is 29.6 Å². The zero-order chi connectivity index (χ0) is 17.4. The molecule has 0 aliphatic carbocycles. The van der Waals surface area contributed by atoms with Crippen LogP contribution < -0.4 is 16.0 Å². The minimum atomic E-state index is -0.0286. The maximum atomic E-state index is 12.5. The van der Waals surface area contributed by atoms with Crippen molar-refractivity contribution in [2.45, 2.75) is 32.2 Å². The van der Waals surface area contributed by atoms with Gasteiger partial charge in [0, 0.05) is 36.3 Å². The van der Waals surface area contributed by atoms with Crippen molar-refractivity contribution in [3.05, 3.63) is 35.8 Å². The molecule has 0 radical (unpaired) electrons. The van der Waals surface area contributed by atoms with E-state index < -0.39 is 0 Å². The summed E-state index contributed by atoms with van der Waals surface area (Å²) in [5.41, 5.74) is 6.36. The van der Waals surface area contributed by atoms with Gasteiger partial charge in [-0.05, 0) is 26.3 Å². The summed E-state index contributed by atoms with van der Waals surface area (Å²) in [6.07, 6.45) is 9.79. The number of carbonyl (C=O) groups excluding carboxylic acids is 1. The van der Waals surface area contributed by atoms with Crippen molar-refractivity contribution in [2.75, 3.05) is 23.7 Å². The van der Waals surface area contributed by atoms with Crippen LogP contribution in [0.3, 0.4) is 0 Å². The van der Waals surface area contributed by atoms with Crippen molar-refractivity contribution < 1.29 is 4.79 Å². The van der Waals surface area contributed by atoms with Crippen molar-refractivity contribution in [3.8, 4) is 0 Å². The lowest BCUT2D eigenvalue weighted by atomic mass is 10.1. The molecule has 1 unspecified atom stereocenters. The van der Waals surface area contributed by atoms with Crippen molar-refractivity contribution in [1.82, 2.24) is 15.3 Å². The van der Waals surface area contributed by atoms with Crippen LogP contribution >= 0.6 is 11.8 Å². The Labute approximate surface area is 147 Å². The van der Waals surface area contributed by atoms with Crippen molar-refractivity contribution in [3.63, 3.8) is 0 Å². The van der Waals surface area contributed by atoms with E-state index in [0.717, 1.165) is 42.9 Å². The number of anilines is 1. The van der Waals surface area contributed by atoms with Gasteiger partial charge in [0.2, 0.25) is 0 Å². The van der Waals surface area contributed by atoms with Crippen LogP contribution in [-0.2, 0) is 4.79 Å². The molecule has 2 rings (SSSR count). The number of nitrogens with one attached hydrogen (secondary N) is 1. The number of aromatic nitrogens is 2. The van der Waals surface area contributed by atoms with E-state index in [4.69, 9.17) is 5.73 Å². The third-order valence-corrected chi connectivity index (χ3v) is 4.75. The Bertz CT molecular complexity index is 604. The number of carbonyl (C=O) groups is 1. The van der Waals surface area contributed by atoms with E-state index in [0.29, 0.717) is 11.4 Å². The average molecular weight is 347 g/mol. The van der Waals surface area contributed by atoms with Gasteiger partial charge in [0.1, 0.15) is 12.1 Å². The molecule has 1 atom stereocenters. The quantitative estimate of drug-likeness (QED) is 0.701. The van der Waals surface area contributed by atoms with Gasteiger partial charge in [0.25, 0.3) is 5.91 Å². The third kappa shape index (κ3) is 5.07. The Morgan fingerprint density at radius 1 is 1.58 bits per heavy atom. The van der Waals surface area contributed by atoms with Crippen molar-refractivity contribution in [2.24, 2.45) is 5.73 Å². The largest absolute Gasteiger partial charge is 0.349 e. The zero-order valence-electron chi connectivity index (χ0n) is 14.1. The van der Waals surface area contributed by atoms with Crippen LogP contribution in [0.15, 0.2) is 30.2 Å². The van der Waals surface area contributed by atoms with Crippen molar-refractivity contribution in [1.29, 1.82) is 0 Å². The van der Waals surface area contributed by atoms with Gasteiger partial charge < -0.3 is 16.0 Å². The Morgan fingerprint density at radius 2 is 2.42 bits per heavy atom. The molecule has 6 nitrogen and oxygen atoms in total. The van der Waals surface area contributed by atoms with Crippen LogP contribution in [0.5, 0.6) is 0 Å². The summed E-state index contributed by atoms with van der Waals surface area (Å²) in [4.78, 5) is 23.5. The summed E-state index contributed by atoms with van der Waals surface area (Å²) in [6.45, 7) is 7.32. The van der Waals surface area contributed by atoms with Crippen LogP contribution in [0.4, 0.5) is 5.82 Å². The molecule has 130 valence electrons. The fourth-order valence-electron chi connectivity index (χ4n) is 2.47. The van der Waals surface area contributed by atoms with Crippen LogP contribution in [0, 0.1) is 0 Å². The number of nitrogens with two attached hydrogens (primary N) is 1. The SMILES string of the molecule is C=Cc1cncnc1N1C=C(C(=O)NC(C)CCCCN)SCC1. The molecule has 1 aliphatic rings. The molecule has 7 heteroatoms. The standard InChI is InChI=1S/C17H25N5OS/c1-3-14-10-19-12-20-16(14)22-8-9-24-15(11-22)17(23)21-13(2)6-4-5-7-18/h3,10-13H,1,4-9,18H2,2H3,(H,21,23). The summed E-state index contributed by atoms with van der Waals surface area (Å²) in [5, 5.41) is 3.06. The summed E-state index contributed by atoms with van der Waals surface area (Å²) in [7, 11) is 0. The lowest BCUT2D eigenvalue weighted by molar-refractivity contribution is -0.117. The Morgan fingerprint density at radius 3 is 3.17 bits per heavy atom. The number of hydrogen-bond donors (Lipinski definition) is 2. The van der Waals surface area contributed by atoms with Gasteiger partial charge in [-0.1, -0.05) is 19.1 Å². The maximum Gasteiger partial charge on any atom is 0.259 e. The first-order valence-electron chi connectivity index (χ1n) is 8.20. The van der Waals surface area contributed by atoms with E-state index in [1.54, 1.807) is 24.0 Å². The molecule has 1 amide bonds. The first kappa shape index (κ1) is 18.5. The second-order valence-corrected chi connectivity index (χ2v) is 6.84. The second kappa shape index (κ2) is 9.44. The third-order valence-electron chi connectivity index (χ3n) is 3.77. The number of nitrogens with zero attached hydrogens (tertiary/aromatic N) is 3. The Hall–Kier alpha value is -1.86. The first-order valence-corrected chi connectivity index (χ1v) is 9.19. The minimum Gasteiger partial charge on any atom is -0.349 e. The average Bonchev–Trinajstić information content (AvgIpc) is 2.62. The Kier molecular flexibility index (Phi) is 7.27. The first-order chi connectivity index (χ1) is 11.7. The molecule has 0 spiro atoms. The summed E-state index contributed by atoms with van der Waals surface area (Å²) in [5.74, 6) is 1.59. The van der Waals surface area contributed by atoms with E-state index in [-0.39, 0.29) is 11.9 Å². The molecule has 0 bridgehead atoms. The highest BCUT2D eigenvalue weighted by Gasteiger charge is 2.21. The van der Waals surface area contributed by atoms with Gasteiger partial charge in [0.15, 0.2) is 0 Å². The van der Waals surface area contributed by atoms with E-state index in [1.165, 1.54) is 6.33 Å². The molecule has 1 aromatic heterocycles. The minimum absolute atomic E-state index is 0.0286. The molecule has 0 fully saturated rings. The smallest absolute Gasteiger partial charge is 0.259 e. The molecular weight excluding hydrogens is 322 g/mol. The molecular formula is C17H25N5OS. The second-order valence-electron chi connectivity index (χ2n) is 5.70. The molecule has 24 heavy (non-hydrogen) atoms. The molecule has 2 heterocycles. The lowest BCUT2D eigenvalue weighted by Gasteiger charge is -2.26. The molecule has 0 saturated heterocycles. The molecule has 3 N–H and O–H groups in total. The van der Waals surface area contributed by atoms with Crippen LogP contribution in [0.2, 0.25) is 0 Å². The zero-order valence-corrected chi connectivity index (χ0v) is 14.9. The number of unbranched alkanes of at least 4 members (excludes halogenated alkanes) is 1. The number of thioether (sulfide) groups is 1. The van der Waals surface area contributed by atoms with Gasteiger partial charge in [0.05, 0.1) is 4.91 Å². The van der Waals surface area contributed by atoms with E-state index in [1.807, 2.05) is 18.0 Å². The highest BCUT2D eigenvalue weighted by atomic mass is 32.2. The summed E-state index contributed by atoms with van der Waals surface area (Å²) >= 11 is 1.57. The van der Waals surface area contributed by atoms with Gasteiger partial charge in [-0.2, -0.15) is 0 Å². The maximum absolute atomic E-state index is 12.5. The fraction of sp³-hybridized carbons (Fsp3) is 0.471. The van der Waals surface area contributed by atoms with Gasteiger partial charge in [-0.15, -0.1) is 11.8 Å². The van der Waals surface area contributed by atoms with Crippen LogP contribution in [0.1, 0.15) is 31.7 Å². The van der Waals surface area contributed by atoms with Gasteiger partial charge in [-0.3, -0.25) is 4.79 Å². The topological polar surface area (TPSA) is 84.1 Å². The van der Waals surface area contributed by atoms with E-state index in [2.05, 4.69) is 21.9 Å². The van der Waals surface area contributed by atoms with Gasteiger partial charge in [-0.25, -0.2) is 9.97 Å². The predicted molar refractivity (Wildman–Crippen MR) is 101 cm³/mol. The normalized spacial score (nSPS) is 15.6. The monoisotopic (exact) mass is 347 g/mol. The lowest BCUT2D eigenvalue weighted by Crippen LogP contribution is -2.35. The number of amides is 1. The number of hydrogen-bond acceptors (Lipinski definition) is 6. The summed E-state index contributed by atoms with van der Waals surface area (Å²) < 4.78 is 0. The highest BCUT2D eigenvalue weighted by molar-refractivity contribution is 8.04.